The Bertz CT molecular complexity index is 430. The van der Waals surface area contributed by atoms with Crippen molar-refractivity contribution in [2.45, 2.75) is 26.3 Å². The van der Waals surface area contributed by atoms with Gasteiger partial charge in [-0.1, -0.05) is 26.3 Å². The Morgan fingerprint density at radius 2 is 2.05 bits per heavy atom. The minimum absolute atomic E-state index is 0.271. The number of piperazine rings is 1. The van der Waals surface area contributed by atoms with Crippen molar-refractivity contribution < 1.29 is 9.84 Å². The number of nitrogens with one attached hydrogen (secondary N) is 1. The molecule has 1 aliphatic heterocycles. The van der Waals surface area contributed by atoms with E-state index >= 15 is 0 Å². The van der Waals surface area contributed by atoms with Gasteiger partial charge in [-0.15, -0.1) is 0 Å². The van der Waals surface area contributed by atoms with Gasteiger partial charge in [0.05, 0.1) is 7.11 Å². The second-order valence-corrected chi connectivity index (χ2v) is 5.54. The number of phenols is 1. The Hall–Kier alpha value is -1.26. The average molecular weight is 278 g/mol. The van der Waals surface area contributed by atoms with E-state index in [0.717, 1.165) is 38.2 Å². The molecular formula is C16H26N2O2. The third-order valence-electron chi connectivity index (χ3n) is 4.28. The number of hydrogen-bond acceptors (Lipinski definition) is 4. The van der Waals surface area contributed by atoms with Crippen molar-refractivity contribution in [3.05, 3.63) is 23.8 Å². The quantitative estimate of drug-likeness (QED) is 0.868. The van der Waals surface area contributed by atoms with Crippen molar-refractivity contribution in [1.29, 1.82) is 0 Å². The van der Waals surface area contributed by atoms with Crippen LogP contribution in [0.3, 0.4) is 0 Å². The number of hydrogen-bond donors (Lipinski definition) is 2. The van der Waals surface area contributed by atoms with Crippen molar-refractivity contribution in [3.8, 4) is 11.5 Å². The smallest absolute Gasteiger partial charge is 0.124 e. The Kier molecular flexibility index (Phi) is 5.26. The minimum Gasteiger partial charge on any atom is -0.507 e. The summed E-state index contributed by atoms with van der Waals surface area (Å²) in [6.45, 7) is 8.56. The molecule has 1 aliphatic rings. The molecule has 4 nitrogen and oxygen atoms in total. The molecule has 1 unspecified atom stereocenters. The number of nitrogens with zero attached hydrogens (tertiary/aromatic N) is 1. The number of methoxy groups -OCH3 is 1. The van der Waals surface area contributed by atoms with Gasteiger partial charge in [0.1, 0.15) is 11.5 Å². The predicted octanol–water partition coefficient (Wildman–Crippen LogP) is 2.39. The molecule has 1 aromatic rings. The Morgan fingerprint density at radius 1 is 1.35 bits per heavy atom. The van der Waals surface area contributed by atoms with Gasteiger partial charge >= 0.3 is 0 Å². The maximum atomic E-state index is 10.3. The predicted molar refractivity (Wildman–Crippen MR) is 81.3 cm³/mol. The molecule has 4 heteroatoms. The maximum absolute atomic E-state index is 10.3. The second-order valence-electron chi connectivity index (χ2n) is 5.54. The molecule has 1 heterocycles. The first-order chi connectivity index (χ1) is 9.67. The van der Waals surface area contributed by atoms with Crippen LogP contribution in [0.5, 0.6) is 11.5 Å². The summed E-state index contributed by atoms with van der Waals surface area (Å²) in [5.41, 5.74) is 1.02. The largest absolute Gasteiger partial charge is 0.507 e. The summed E-state index contributed by atoms with van der Waals surface area (Å²) in [7, 11) is 1.62. The molecule has 0 spiro atoms. The molecule has 0 saturated carbocycles. The van der Waals surface area contributed by atoms with Gasteiger partial charge in [0, 0.05) is 43.9 Å². The fraction of sp³-hybridized carbons (Fsp3) is 0.625. The van der Waals surface area contributed by atoms with Crippen LogP contribution in [0.25, 0.3) is 0 Å². The van der Waals surface area contributed by atoms with Gasteiger partial charge < -0.3 is 15.2 Å². The lowest BCUT2D eigenvalue weighted by molar-refractivity contribution is 0.126. The summed E-state index contributed by atoms with van der Waals surface area (Å²) in [6, 6.07) is 5.93. The van der Waals surface area contributed by atoms with Gasteiger partial charge in [-0.2, -0.15) is 0 Å². The van der Waals surface area contributed by atoms with Gasteiger partial charge in [0.25, 0.3) is 0 Å². The van der Waals surface area contributed by atoms with Gasteiger partial charge in [-0.3, -0.25) is 4.90 Å². The van der Waals surface area contributed by atoms with Crippen LogP contribution in [0.1, 0.15) is 31.9 Å². The number of rotatable bonds is 5. The Balaban J connectivity index is 2.30. The van der Waals surface area contributed by atoms with Gasteiger partial charge in [0.15, 0.2) is 0 Å². The molecule has 0 bridgehead atoms. The summed E-state index contributed by atoms with van der Waals surface area (Å²) in [5.74, 6) is 1.55. The highest BCUT2D eigenvalue weighted by atomic mass is 16.5. The van der Waals surface area contributed by atoms with Crippen molar-refractivity contribution in [2.24, 2.45) is 5.92 Å². The van der Waals surface area contributed by atoms with Crippen molar-refractivity contribution in [2.75, 3.05) is 33.3 Å². The molecule has 1 saturated heterocycles. The minimum atomic E-state index is 0.271. The maximum Gasteiger partial charge on any atom is 0.124 e. The molecular weight excluding hydrogens is 252 g/mol. The SMILES string of the molecule is CCC(C)[C@@H](c1ccc(OC)cc1O)N1CCNCC1. The topological polar surface area (TPSA) is 44.7 Å². The van der Waals surface area contributed by atoms with Crippen LogP contribution < -0.4 is 10.1 Å². The van der Waals surface area contributed by atoms with Crippen LogP contribution in [-0.4, -0.2) is 43.3 Å². The monoisotopic (exact) mass is 278 g/mol. The molecule has 0 amide bonds. The summed E-state index contributed by atoms with van der Waals surface area (Å²) in [5, 5.41) is 13.7. The average Bonchev–Trinajstić information content (AvgIpc) is 2.50. The first kappa shape index (κ1) is 15.1. The molecule has 0 radical (unpaired) electrons. The molecule has 20 heavy (non-hydrogen) atoms. The highest BCUT2D eigenvalue weighted by molar-refractivity contribution is 5.41. The Morgan fingerprint density at radius 3 is 2.60 bits per heavy atom. The zero-order chi connectivity index (χ0) is 14.5. The highest BCUT2D eigenvalue weighted by Gasteiger charge is 2.28. The van der Waals surface area contributed by atoms with Crippen LogP contribution in [0, 0.1) is 5.92 Å². The van der Waals surface area contributed by atoms with Crippen LogP contribution in [0.15, 0.2) is 18.2 Å². The molecule has 0 aliphatic carbocycles. The molecule has 2 N–H and O–H groups in total. The standard InChI is InChI=1S/C16H26N2O2/c1-4-12(2)16(18-9-7-17-8-10-18)14-6-5-13(20-3)11-15(14)19/h5-6,11-12,16-17,19H,4,7-10H2,1-3H3/t12?,16-/m0/s1. The normalized spacial score (nSPS) is 19.6. The molecule has 0 aromatic heterocycles. The highest BCUT2D eigenvalue weighted by Crippen LogP contribution is 2.37. The number of benzene rings is 1. The third kappa shape index (κ3) is 3.25. The van der Waals surface area contributed by atoms with Crippen molar-refractivity contribution in [3.63, 3.8) is 0 Å². The summed E-state index contributed by atoms with van der Waals surface area (Å²) >= 11 is 0. The fourth-order valence-electron chi connectivity index (χ4n) is 2.95. The van der Waals surface area contributed by atoms with E-state index in [-0.39, 0.29) is 6.04 Å². The van der Waals surface area contributed by atoms with Crippen LogP contribution in [-0.2, 0) is 0 Å². The zero-order valence-corrected chi connectivity index (χ0v) is 12.7. The molecule has 2 atom stereocenters. The number of aromatic hydroxyl groups is 1. The first-order valence-electron chi connectivity index (χ1n) is 7.49. The number of phenolic OH excluding ortho intramolecular Hbond substituents is 1. The van der Waals surface area contributed by atoms with Crippen LogP contribution in [0.2, 0.25) is 0 Å². The van der Waals surface area contributed by atoms with E-state index in [1.54, 1.807) is 13.2 Å². The van der Waals surface area contributed by atoms with E-state index < -0.39 is 0 Å². The van der Waals surface area contributed by atoms with Gasteiger partial charge in [-0.05, 0) is 12.0 Å². The fourth-order valence-corrected chi connectivity index (χ4v) is 2.95. The molecule has 1 aromatic carbocycles. The summed E-state index contributed by atoms with van der Waals surface area (Å²) < 4.78 is 5.18. The lowest BCUT2D eigenvalue weighted by Crippen LogP contribution is -2.46. The molecule has 2 rings (SSSR count). The molecule has 1 fully saturated rings. The third-order valence-corrected chi connectivity index (χ3v) is 4.28. The number of ether oxygens (including phenoxy) is 1. The van der Waals surface area contributed by atoms with E-state index in [0.29, 0.717) is 17.4 Å². The second kappa shape index (κ2) is 6.95. The van der Waals surface area contributed by atoms with E-state index in [9.17, 15) is 5.11 Å². The van der Waals surface area contributed by atoms with Gasteiger partial charge in [0.2, 0.25) is 0 Å². The van der Waals surface area contributed by atoms with E-state index in [2.05, 4.69) is 24.1 Å². The van der Waals surface area contributed by atoms with Crippen LogP contribution in [0.4, 0.5) is 0 Å². The molecule has 112 valence electrons. The van der Waals surface area contributed by atoms with E-state index in [1.807, 2.05) is 12.1 Å². The van der Waals surface area contributed by atoms with E-state index in [1.165, 1.54) is 0 Å². The van der Waals surface area contributed by atoms with Crippen LogP contribution >= 0.6 is 0 Å². The Labute approximate surface area is 121 Å². The summed E-state index contributed by atoms with van der Waals surface area (Å²) in [4.78, 5) is 2.48. The lowest BCUT2D eigenvalue weighted by Gasteiger charge is -2.38. The first-order valence-corrected chi connectivity index (χ1v) is 7.49. The van der Waals surface area contributed by atoms with Gasteiger partial charge in [-0.25, -0.2) is 0 Å². The van der Waals surface area contributed by atoms with Crippen molar-refractivity contribution >= 4 is 0 Å². The zero-order valence-electron chi connectivity index (χ0n) is 12.7. The lowest BCUT2D eigenvalue weighted by atomic mass is 9.90. The van der Waals surface area contributed by atoms with Crippen molar-refractivity contribution in [1.82, 2.24) is 10.2 Å². The van der Waals surface area contributed by atoms with E-state index in [4.69, 9.17) is 4.74 Å². The summed E-state index contributed by atoms with van der Waals surface area (Å²) in [6.07, 6.45) is 1.10.